The van der Waals surface area contributed by atoms with Crippen LogP contribution >= 0.6 is 7.82 Å². The predicted octanol–water partition coefficient (Wildman–Crippen LogP) is 11.9. The third-order valence-electron chi connectivity index (χ3n) is 8.78. The van der Waals surface area contributed by atoms with Gasteiger partial charge < -0.3 is 20.1 Å². The maximum atomic E-state index is 12.5. The molecule has 48 heavy (non-hydrogen) atoms. The molecule has 0 aliphatic rings. The van der Waals surface area contributed by atoms with Gasteiger partial charge in [0.25, 0.3) is 0 Å². The van der Waals surface area contributed by atoms with Gasteiger partial charge in [0.15, 0.2) is 6.10 Å². The average Bonchev–Trinajstić information content (AvgIpc) is 3.07. The molecule has 3 N–H and O–H groups in total. The summed E-state index contributed by atoms with van der Waals surface area (Å²) in [4.78, 5) is 22.4. The fourth-order valence-electron chi connectivity index (χ4n) is 5.79. The van der Waals surface area contributed by atoms with Crippen molar-refractivity contribution in [3.05, 3.63) is 12.3 Å². The first kappa shape index (κ1) is 47.1. The number of nitrogens with two attached hydrogens (primary N) is 1. The number of rotatable bonds is 39. The molecule has 0 bridgehead atoms. The van der Waals surface area contributed by atoms with E-state index in [1.807, 2.05) is 6.08 Å². The Morgan fingerprint density at radius 1 is 0.625 bits per heavy atom. The maximum absolute atomic E-state index is 12.5. The summed E-state index contributed by atoms with van der Waals surface area (Å²) < 4.78 is 33.1. The largest absolute Gasteiger partial charge is 0.498 e. The van der Waals surface area contributed by atoms with Crippen molar-refractivity contribution < 1.29 is 32.8 Å². The van der Waals surface area contributed by atoms with E-state index in [1.165, 1.54) is 148 Å². The summed E-state index contributed by atoms with van der Waals surface area (Å²) >= 11 is 0. The highest BCUT2D eigenvalue weighted by atomic mass is 31.2. The van der Waals surface area contributed by atoms with Gasteiger partial charge in [-0.25, -0.2) is 4.57 Å². The lowest BCUT2D eigenvalue weighted by atomic mass is 10.0. The molecule has 0 radical (unpaired) electrons. The molecular formula is C39H78NO7P. The highest BCUT2D eigenvalue weighted by Crippen LogP contribution is 2.43. The van der Waals surface area contributed by atoms with Gasteiger partial charge in [-0.3, -0.25) is 13.8 Å². The van der Waals surface area contributed by atoms with E-state index in [0.717, 1.165) is 32.1 Å². The van der Waals surface area contributed by atoms with Gasteiger partial charge in [-0.2, -0.15) is 0 Å². The van der Waals surface area contributed by atoms with Crippen molar-refractivity contribution in [2.75, 3.05) is 26.4 Å². The number of allylic oxidation sites excluding steroid dienone is 1. The van der Waals surface area contributed by atoms with E-state index in [0.29, 0.717) is 6.42 Å². The molecule has 0 aromatic heterocycles. The predicted molar refractivity (Wildman–Crippen MR) is 201 cm³/mol. The van der Waals surface area contributed by atoms with Crippen molar-refractivity contribution in [3.8, 4) is 0 Å². The molecule has 0 amide bonds. The zero-order valence-corrected chi connectivity index (χ0v) is 32.4. The van der Waals surface area contributed by atoms with Gasteiger partial charge in [-0.1, -0.05) is 174 Å². The van der Waals surface area contributed by atoms with Gasteiger partial charge in [0, 0.05) is 13.0 Å². The second-order valence-corrected chi connectivity index (χ2v) is 15.0. The van der Waals surface area contributed by atoms with Crippen LogP contribution < -0.4 is 5.73 Å². The van der Waals surface area contributed by atoms with Gasteiger partial charge in [-0.05, 0) is 25.3 Å². The van der Waals surface area contributed by atoms with Crippen LogP contribution in [0.4, 0.5) is 0 Å². The molecule has 286 valence electrons. The first-order chi connectivity index (χ1) is 23.4. The van der Waals surface area contributed by atoms with Crippen LogP contribution in [0.3, 0.4) is 0 Å². The van der Waals surface area contributed by atoms with Crippen LogP contribution in [0, 0.1) is 0 Å². The van der Waals surface area contributed by atoms with Crippen molar-refractivity contribution >= 4 is 13.8 Å². The SMILES string of the molecule is CCCCCCCCCCCCCCCC/C=C\OC[C@H](COP(=O)(O)OCCN)OC(=O)CCCCCCCCCCCCCCC. The summed E-state index contributed by atoms with van der Waals surface area (Å²) in [5, 5.41) is 0. The van der Waals surface area contributed by atoms with Crippen LogP contribution in [-0.2, 0) is 27.9 Å². The highest BCUT2D eigenvalue weighted by molar-refractivity contribution is 7.47. The minimum Gasteiger partial charge on any atom is -0.498 e. The lowest BCUT2D eigenvalue weighted by Gasteiger charge is -2.19. The van der Waals surface area contributed by atoms with Gasteiger partial charge in [-0.15, -0.1) is 0 Å². The molecule has 0 rings (SSSR count). The smallest absolute Gasteiger partial charge is 0.472 e. The Bertz CT molecular complexity index is 752. The number of unbranched alkanes of at least 4 members (excludes halogenated alkanes) is 26. The van der Waals surface area contributed by atoms with E-state index >= 15 is 0 Å². The summed E-state index contributed by atoms with van der Waals surface area (Å²) in [6, 6.07) is 0. The normalized spacial score (nSPS) is 13.6. The molecule has 9 heteroatoms. The second-order valence-electron chi connectivity index (χ2n) is 13.6. The molecule has 1 unspecified atom stereocenters. The summed E-state index contributed by atoms with van der Waals surface area (Å²) in [6.07, 6.45) is 38.9. The Balaban J connectivity index is 4.08. The highest BCUT2D eigenvalue weighted by Gasteiger charge is 2.25. The fraction of sp³-hybridized carbons (Fsp3) is 0.923. The topological polar surface area (TPSA) is 117 Å². The standard InChI is InChI=1S/C39H78NO7P/c1-3-5-7-9-11-13-15-17-18-19-21-23-25-27-29-31-34-44-36-38(37-46-48(42,43)45-35-33-40)47-39(41)32-30-28-26-24-22-20-16-14-12-10-8-6-4-2/h31,34,38H,3-30,32-33,35-37,40H2,1-2H3,(H,42,43)/b34-31-/t38-/m1/s1. The summed E-state index contributed by atoms with van der Waals surface area (Å²) in [5.74, 6) is -0.350. The number of carbonyl (C=O) groups is 1. The Morgan fingerprint density at radius 3 is 1.48 bits per heavy atom. The molecule has 0 aromatic rings. The van der Waals surface area contributed by atoms with Crippen molar-refractivity contribution in [3.63, 3.8) is 0 Å². The number of phosphoric ester groups is 1. The van der Waals surface area contributed by atoms with Gasteiger partial charge >= 0.3 is 13.8 Å². The van der Waals surface area contributed by atoms with Crippen molar-refractivity contribution in [1.82, 2.24) is 0 Å². The van der Waals surface area contributed by atoms with Crippen LogP contribution in [0.25, 0.3) is 0 Å². The van der Waals surface area contributed by atoms with Crippen LogP contribution in [-0.4, -0.2) is 43.3 Å². The Kier molecular flexibility index (Phi) is 36.6. The van der Waals surface area contributed by atoms with E-state index in [4.69, 9.17) is 24.3 Å². The molecule has 0 aromatic carbocycles. The van der Waals surface area contributed by atoms with Crippen LogP contribution in [0.15, 0.2) is 12.3 Å². The fourth-order valence-corrected chi connectivity index (χ4v) is 6.55. The number of hydrogen-bond donors (Lipinski definition) is 2. The first-order valence-electron chi connectivity index (χ1n) is 20.2. The summed E-state index contributed by atoms with van der Waals surface area (Å²) in [5.41, 5.74) is 5.35. The van der Waals surface area contributed by atoms with E-state index < -0.39 is 13.9 Å². The second kappa shape index (κ2) is 37.3. The molecule has 0 saturated carbocycles. The van der Waals surface area contributed by atoms with Gasteiger partial charge in [0.1, 0.15) is 6.61 Å². The third kappa shape index (κ3) is 36.4. The summed E-state index contributed by atoms with van der Waals surface area (Å²) in [7, 11) is -4.28. The maximum Gasteiger partial charge on any atom is 0.472 e. The van der Waals surface area contributed by atoms with E-state index in [2.05, 4.69) is 13.8 Å². The number of hydrogen-bond acceptors (Lipinski definition) is 7. The summed E-state index contributed by atoms with van der Waals surface area (Å²) in [6.45, 7) is 4.26. The molecule has 0 heterocycles. The van der Waals surface area contributed by atoms with Gasteiger partial charge in [0.05, 0.1) is 19.5 Å². The zero-order valence-electron chi connectivity index (χ0n) is 31.5. The van der Waals surface area contributed by atoms with E-state index in [1.54, 1.807) is 6.26 Å². The minimum absolute atomic E-state index is 0.0382. The number of esters is 1. The molecule has 8 nitrogen and oxygen atoms in total. The molecule has 2 atom stereocenters. The Morgan fingerprint density at radius 2 is 1.04 bits per heavy atom. The third-order valence-corrected chi connectivity index (χ3v) is 9.76. The van der Waals surface area contributed by atoms with Crippen molar-refractivity contribution in [1.29, 1.82) is 0 Å². The molecule has 0 spiro atoms. The molecule has 0 saturated heterocycles. The van der Waals surface area contributed by atoms with E-state index in [-0.39, 0.29) is 32.3 Å². The molecular weight excluding hydrogens is 625 g/mol. The Hall–Kier alpha value is -0.920. The van der Waals surface area contributed by atoms with Crippen molar-refractivity contribution in [2.45, 2.75) is 206 Å². The zero-order chi connectivity index (χ0) is 35.2. The molecule has 0 aliphatic heterocycles. The lowest BCUT2D eigenvalue weighted by Crippen LogP contribution is -2.27. The van der Waals surface area contributed by atoms with Crippen molar-refractivity contribution in [2.24, 2.45) is 5.73 Å². The Labute approximate surface area is 296 Å². The molecule has 0 fully saturated rings. The van der Waals surface area contributed by atoms with Crippen LogP contribution in [0.2, 0.25) is 0 Å². The average molecular weight is 704 g/mol. The van der Waals surface area contributed by atoms with Crippen LogP contribution in [0.1, 0.15) is 200 Å². The van der Waals surface area contributed by atoms with Gasteiger partial charge in [0.2, 0.25) is 0 Å². The minimum atomic E-state index is -4.28. The number of ether oxygens (including phenoxy) is 2. The number of carbonyl (C=O) groups excluding carboxylic acids is 1. The number of phosphoric acid groups is 1. The first-order valence-corrected chi connectivity index (χ1v) is 21.7. The quantitative estimate of drug-likeness (QED) is 0.0281. The molecule has 0 aliphatic carbocycles. The van der Waals surface area contributed by atoms with Crippen LogP contribution in [0.5, 0.6) is 0 Å². The van der Waals surface area contributed by atoms with E-state index in [9.17, 15) is 14.3 Å². The monoisotopic (exact) mass is 704 g/mol. The lowest BCUT2D eigenvalue weighted by molar-refractivity contribution is -0.153.